The van der Waals surface area contributed by atoms with Gasteiger partial charge >= 0.3 is 0 Å². The number of hydrogen-bond donors (Lipinski definition) is 1. The van der Waals surface area contributed by atoms with Gasteiger partial charge in [-0.3, -0.25) is 4.79 Å². The van der Waals surface area contributed by atoms with Gasteiger partial charge in [0.1, 0.15) is 0 Å². The molecule has 3 heteroatoms. The predicted octanol–water partition coefficient (Wildman–Crippen LogP) is 6.13. The quantitative estimate of drug-likeness (QED) is 0.237. The van der Waals surface area contributed by atoms with Gasteiger partial charge in [0, 0.05) is 12.0 Å². The maximum atomic E-state index is 12.4. The summed E-state index contributed by atoms with van der Waals surface area (Å²) in [6.07, 6.45) is 21.2. The number of carbonyl (C=O) groups excluding carboxylic acids is 1. The van der Waals surface area contributed by atoms with Crippen molar-refractivity contribution >= 4 is 5.78 Å². The lowest BCUT2D eigenvalue weighted by atomic mass is 9.97. The topological polar surface area (TPSA) is 53.6 Å². The van der Waals surface area contributed by atoms with Crippen molar-refractivity contribution in [1.82, 2.24) is 6.15 Å². The zero-order valence-electron chi connectivity index (χ0n) is 19.8. The van der Waals surface area contributed by atoms with Gasteiger partial charge in [-0.2, -0.15) is 0 Å². The van der Waals surface area contributed by atoms with E-state index in [1.54, 1.807) is 0 Å². The van der Waals surface area contributed by atoms with Crippen LogP contribution in [-0.2, 0) is 0 Å². The Labute approximate surface area is 187 Å². The van der Waals surface area contributed by atoms with Crippen LogP contribution in [0, 0.1) is 13.8 Å². The van der Waals surface area contributed by atoms with Crippen molar-refractivity contribution in [2.24, 2.45) is 0 Å². The molecule has 1 aromatic carbocycles. The summed E-state index contributed by atoms with van der Waals surface area (Å²) in [7, 11) is 0. The smallest absolute Gasteiger partial charge is 0.163 e. The van der Waals surface area contributed by atoms with E-state index in [1.165, 1.54) is 95.5 Å². The highest BCUT2D eigenvalue weighted by atomic mass is 35.5. The highest BCUT2D eigenvalue weighted by molar-refractivity contribution is 5.97. The van der Waals surface area contributed by atoms with E-state index in [1.807, 2.05) is 12.1 Å². The van der Waals surface area contributed by atoms with Crippen LogP contribution in [0.4, 0.5) is 0 Å². The fourth-order valence-corrected chi connectivity index (χ4v) is 3.84. The van der Waals surface area contributed by atoms with Gasteiger partial charge in [0.25, 0.3) is 0 Å². The number of Topliss-reactive ketones (excluding diaryl/α,β-unsaturated/α-hetero) is 1. The van der Waals surface area contributed by atoms with Crippen molar-refractivity contribution in [2.45, 2.75) is 124 Å². The summed E-state index contributed by atoms with van der Waals surface area (Å²) in [5.74, 6) is 0.325. The molecule has 0 aliphatic carbocycles. The van der Waals surface area contributed by atoms with Gasteiger partial charge in [-0.1, -0.05) is 115 Å². The number of ketones is 1. The first kappa shape index (κ1) is 30.3. The number of aryl methyl sites for hydroxylation is 1. The number of carbonyl (C=O) groups is 1. The van der Waals surface area contributed by atoms with Crippen molar-refractivity contribution in [1.29, 1.82) is 0 Å². The average Bonchev–Trinajstić information content (AvgIpc) is 2.67. The van der Waals surface area contributed by atoms with Gasteiger partial charge < -0.3 is 18.6 Å². The summed E-state index contributed by atoms with van der Waals surface area (Å²) in [5.41, 5.74) is 3.31. The van der Waals surface area contributed by atoms with Crippen LogP contribution in [0.2, 0.25) is 0 Å². The molecule has 0 radical (unpaired) electrons. The van der Waals surface area contributed by atoms with Crippen LogP contribution in [0.3, 0.4) is 0 Å². The summed E-state index contributed by atoms with van der Waals surface area (Å²) < 4.78 is 0. The van der Waals surface area contributed by atoms with Gasteiger partial charge in [0.15, 0.2) is 5.78 Å². The third-order valence-electron chi connectivity index (χ3n) is 5.91. The predicted molar refractivity (Wildman–Crippen MR) is 126 cm³/mol. The van der Waals surface area contributed by atoms with Gasteiger partial charge in [-0.25, -0.2) is 0 Å². The van der Waals surface area contributed by atoms with Gasteiger partial charge in [-0.15, -0.1) is 0 Å². The Balaban J connectivity index is 0. The molecule has 0 saturated carbocycles. The molecule has 0 aromatic heterocycles. The van der Waals surface area contributed by atoms with Crippen molar-refractivity contribution in [2.75, 3.05) is 0 Å². The Morgan fingerprint density at radius 1 is 0.690 bits per heavy atom. The Morgan fingerprint density at radius 2 is 1.10 bits per heavy atom. The maximum Gasteiger partial charge on any atom is 0.163 e. The summed E-state index contributed by atoms with van der Waals surface area (Å²) >= 11 is 0. The zero-order chi connectivity index (χ0) is 19.7. The minimum Gasteiger partial charge on any atom is -1.00 e. The lowest BCUT2D eigenvalue weighted by molar-refractivity contribution is -0.0000144. The molecule has 1 aromatic rings. The standard InChI is InChI=1S/C26H44O.ClH.H3N/c1-4-5-6-7-8-9-10-11-12-13-14-15-16-17-18-22-26(27)25-21-19-20-23(2)24(25)3;;/h19-21H,4-18,22H2,1-3H3;1H;1H3. The highest BCUT2D eigenvalue weighted by Gasteiger charge is 2.09. The molecule has 0 atom stereocenters. The van der Waals surface area contributed by atoms with Crippen molar-refractivity contribution < 1.29 is 17.2 Å². The zero-order valence-corrected chi connectivity index (χ0v) is 20.6. The summed E-state index contributed by atoms with van der Waals surface area (Å²) in [4.78, 5) is 12.4. The van der Waals surface area contributed by atoms with Crippen LogP contribution in [0.25, 0.3) is 0 Å². The lowest BCUT2D eigenvalue weighted by Gasteiger charge is -2.07. The molecule has 0 aliphatic heterocycles. The van der Waals surface area contributed by atoms with E-state index in [2.05, 4.69) is 26.8 Å². The van der Waals surface area contributed by atoms with Crippen LogP contribution >= 0.6 is 0 Å². The van der Waals surface area contributed by atoms with E-state index in [4.69, 9.17) is 0 Å². The number of quaternary nitrogens is 1. The Hall–Kier alpha value is -0.860. The molecule has 4 N–H and O–H groups in total. The molecule has 29 heavy (non-hydrogen) atoms. The van der Waals surface area contributed by atoms with E-state index in [9.17, 15) is 4.79 Å². The third kappa shape index (κ3) is 14.7. The number of hydrogen-bond acceptors (Lipinski definition) is 1. The molecule has 0 amide bonds. The van der Waals surface area contributed by atoms with Crippen LogP contribution in [0.5, 0.6) is 0 Å². The number of rotatable bonds is 17. The molecule has 1 rings (SSSR count). The van der Waals surface area contributed by atoms with Gasteiger partial charge in [0.05, 0.1) is 0 Å². The van der Waals surface area contributed by atoms with E-state index >= 15 is 0 Å². The number of unbranched alkanes of at least 4 members (excludes halogenated alkanes) is 14. The monoisotopic (exact) mass is 425 g/mol. The minimum absolute atomic E-state index is 0. The molecule has 0 bridgehead atoms. The average molecular weight is 426 g/mol. The second-order valence-electron chi connectivity index (χ2n) is 8.37. The van der Waals surface area contributed by atoms with E-state index < -0.39 is 0 Å². The first-order valence-electron chi connectivity index (χ1n) is 11.8. The molecule has 170 valence electrons. The second-order valence-corrected chi connectivity index (χ2v) is 8.37. The first-order chi connectivity index (χ1) is 13.2. The Kier molecular flexibility index (Phi) is 21.4. The fourth-order valence-electron chi connectivity index (χ4n) is 3.84. The largest absolute Gasteiger partial charge is 1.00 e. The molecule has 0 spiro atoms. The molecule has 0 aliphatic rings. The van der Waals surface area contributed by atoms with Crippen molar-refractivity contribution in [3.05, 3.63) is 34.9 Å². The molecule has 0 saturated heterocycles. The van der Waals surface area contributed by atoms with Crippen molar-refractivity contribution in [3.8, 4) is 0 Å². The van der Waals surface area contributed by atoms with Gasteiger partial charge in [0.2, 0.25) is 0 Å². The first-order valence-corrected chi connectivity index (χ1v) is 11.8. The van der Waals surface area contributed by atoms with Crippen LogP contribution in [-0.4, -0.2) is 5.78 Å². The molecular weight excluding hydrogens is 378 g/mol. The fraction of sp³-hybridized carbons (Fsp3) is 0.731. The normalized spacial score (nSPS) is 10.3. The minimum atomic E-state index is 0. The lowest BCUT2D eigenvalue weighted by Crippen LogP contribution is -3.00. The number of benzene rings is 1. The third-order valence-corrected chi connectivity index (χ3v) is 5.91. The van der Waals surface area contributed by atoms with Crippen molar-refractivity contribution in [3.63, 3.8) is 0 Å². The summed E-state index contributed by atoms with van der Waals surface area (Å²) in [5, 5.41) is 0. The van der Waals surface area contributed by atoms with Gasteiger partial charge in [-0.05, 0) is 31.4 Å². The van der Waals surface area contributed by atoms with Crippen LogP contribution < -0.4 is 18.6 Å². The molecule has 0 heterocycles. The van der Waals surface area contributed by atoms with Crippen LogP contribution in [0.1, 0.15) is 131 Å². The van der Waals surface area contributed by atoms with E-state index in [0.29, 0.717) is 12.2 Å². The number of halogens is 1. The SMILES string of the molecule is CCCCCCCCCCCCCCCCCC(=O)c1cccc(C)c1C.[Cl-].[NH4+]. The molecular formula is C26H48ClNO. The Bertz CT molecular complexity index is 515. The molecule has 2 nitrogen and oxygen atoms in total. The highest BCUT2D eigenvalue weighted by Crippen LogP contribution is 2.17. The summed E-state index contributed by atoms with van der Waals surface area (Å²) in [6.45, 7) is 6.43. The maximum absolute atomic E-state index is 12.4. The molecule has 0 fully saturated rings. The van der Waals surface area contributed by atoms with Crippen LogP contribution in [0.15, 0.2) is 18.2 Å². The molecule has 0 unspecified atom stereocenters. The second kappa shape index (κ2) is 20.4. The Morgan fingerprint density at radius 3 is 1.55 bits per heavy atom. The van der Waals surface area contributed by atoms with E-state index in [-0.39, 0.29) is 18.6 Å². The van der Waals surface area contributed by atoms with E-state index in [0.717, 1.165) is 17.5 Å². The summed E-state index contributed by atoms with van der Waals surface area (Å²) in [6, 6.07) is 6.07.